The first-order chi connectivity index (χ1) is 9.72. The molecule has 0 radical (unpaired) electrons. The van der Waals surface area contributed by atoms with Crippen LogP contribution < -0.4 is 5.32 Å². The molecule has 0 aromatic carbocycles. The van der Waals surface area contributed by atoms with Crippen LogP contribution in [0.5, 0.6) is 0 Å². The molecular formula is C11H16N6O3. The van der Waals surface area contributed by atoms with Gasteiger partial charge in [0.2, 0.25) is 0 Å². The van der Waals surface area contributed by atoms with Crippen molar-refractivity contribution in [3.63, 3.8) is 0 Å². The molecule has 9 heteroatoms. The maximum atomic E-state index is 11.8. The minimum Gasteiger partial charge on any atom is -0.383 e. The van der Waals surface area contributed by atoms with Gasteiger partial charge in [-0.15, -0.1) is 10.2 Å². The largest absolute Gasteiger partial charge is 0.383 e. The summed E-state index contributed by atoms with van der Waals surface area (Å²) in [7, 11) is 1.64. The highest BCUT2D eigenvalue weighted by Crippen LogP contribution is 2.00. The van der Waals surface area contributed by atoms with Crippen LogP contribution in [0.2, 0.25) is 0 Å². The van der Waals surface area contributed by atoms with Crippen molar-refractivity contribution in [2.24, 2.45) is 0 Å². The molecule has 2 aromatic rings. The molecule has 20 heavy (non-hydrogen) atoms. The Hall–Kier alpha value is -2.29. The molecule has 0 saturated carbocycles. The number of aryl methyl sites for hydroxylation is 1. The first-order valence-corrected chi connectivity index (χ1v) is 6.15. The van der Waals surface area contributed by atoms with E-state index in [1.165, 1.54) is 0 Å². The maximum Gasteiger partial charge on any atom is 0.275 e. The van der Waals surface area contributed by atoms with Crippen molar-refractivity contribution in [3.8, 4) is 0 Å². The molecule has 0 atom stereocenters. The Balaban J connectivity index is 1.83. The van der Waals surface area contributed by atoms with Gasteiger partial charge in [-0.05, 0) is 12.1 Å². The number of carbonyl (C=O) groups excluding carboxylic acids is 1. The number of nitrogens with one attached hydrogen (secondary N) is 1. The van der Waals surface area contributed by atoms with Crippen LogP contribution in [0.1, 0.15) is 22.0 Å². The zero-order chi connectivity index (χ0) is 14.4. The van der Waals surface area contributed by atoms with Crippen molar-refractivity contribution < 1.29 is 14.2 Å². The summed E-state index contributed by atoms with van der Waals surface area (Å²) in [4.78, 5) is 11.8. The lowest BCUT2D eigenvalue weighted by Crippen LogP contribution is -2.27. The highest BCUT2D eigenvalue weighted by atomic mass is 16.6. The molecule has 0 spiro atoms. The van der Waals surface area contributed by atoms with E-state index in [0.29, 0.717) is 31.8 Å². The van der Waals surface area contributed by atoms with Gasteiger partial charge in [-0.3, -0.25) is 4.79 Å². The fourth-order valence-corrected chi connectivity index (χ4v) is 1.66. The number of hydrogen-bond acceptors (Lipinski definition) is 7. The number of ether oxygens (including phenoxy) is 1. The first-order valence-electron chi connectivity index (χ1n) is 6.15. The third-order valence-corrected chi connectivity index (χ3v) is 2.73. The van der Waals surface area contributed by atoms with Crippen molar-refractivity contribution in [3.05, 3.63) is 23.5 Å². The van der Waals surface area contributed by atoms with E-state index in [-0.39, 0.29) is 11.6 Å². The van der Waals surface area contributed by atoms with E-state index in [4.69, 9.17) is 4.74 Å². The zero-order valence-electron chi connectivity index (χ0n) is 11.4. The number of methoxy groups -OCH3 is 1. The fourth-order valence-electron chi connectivity index (χ4n) is 1.66. The van der Waals surface area contributed by atoms with Gasteiger partial charge < -0.3 is 14.6 Å². The van der Waals surface area contributed by atoms with Crippen molar-refractivity contribution in [2.75, 3.05) is 20.3 Å². The number of amides is 1. The molecule has 2 heterocycles. The second kappa shape index (κ2) is 6.75. The molecule has 0 aliphatic rings. The van der Waals surface area contributed by atoms with Gasteiger partial charge in [0.05, 0.1) is 6.61 Å². The molecule has 1 amide bonds. The molecule has 108 valence electrons. The summed E-state index contributed by atoms with van der Waals surface area (Å²) in [5.41, 5.74) is 0.664. The van der Waals surface area contributed by atoms with Crippen LogP contribution in [0.25, 0.3) is 0 Å². The van der Waals surface area contributed by atoms with Gasteiger partial charge in [0.15, 0.2) is 5.69 Å². The summed E-state index contributed by atoms with van der Waals surface area (Å²) in [6.07, 6.45) is 2.21. The SMILES string of the molecule is COCCn1cnnc1CCNC(=O)c1nonc1C. The minimum atomic E-state index is -0.313. The highest BCUT2D eigenvalue weighted by Gasteiger charge is 2.14. The van der Waals surface area contributed by atoms with Gasteiger partial charge in [0, 0.05) is 26.6 Å². The Kier molecular flexibility index (Phi) is 4.77. The molecule has 2 aromatic heterocycles. The summed E-state index contributed by atoms with van der Waals surface area (Å²) in [5.74, 6) is 0.476. The van der Waals surface area contributed by atoms with Gasteiger partial charge in [-0.1, -0.05) is 5.16 Å². The summed E-state index contributed by atoms with van der Waals surface area (Å²) < 4.78 is 11.4. The Bertz CT molecular complexity index is 564. The van der Waals surface area contributed by atoms with Gasteiger partial charge in [0.1, 0.15) is 17.8 Å². The van der Waals surface area contributed by atoms with Gasteiger partial charge in [-0.25, -0.2) is 4.63 Å². The first kappa shape index (κ1) is 14.1. The fraction of sp³-hybridized carbons (Fsp3) is 0.545. The minimum absolute atomic E-state index is 0.200. The van der Waals surface area contributed by atoms with Gasteiger partial charge in [0.25, 0.3) is 5.91 Å². The summed E-state index contributed by atoms with van der Waals surface area (Å²) in [6.45, 7) is 3.35. The second-order valence-corrected chi connectivity index (χ2v) is 4.14. The zero-order valence-corrected chi connectivity index (χ0v) is 11.4. The molecule has 0 saturated heterocycles. The molecular weight excluding hydrogens is 264 g/mol. The molecule has 0 aliphatic carbocycles. The maximum absolute atomic E-state index is 11.8. The monoisotopic (exact) mass is 280 g/mol. The van der Waals surface area contributed by atoms with Crippen LogP contribution in [0.15, 0.2) is 11.0 Å². The third kappa shape index (κ3) is 3.38. The lowest BCUT2D eigenvalue weighted by atomic mass is 10.3. The number of rotatable bonds is 7. The van der Waals surface area contributed by atoms with E-state index in [0.717, 1.165) is 5.82 Å². The Morgan fingerprint density at radius 2 is 2.35 bits per heavy atom. The molecule has 1 N–H and O–H groups in total. The Morgan fingerprint density at radius 1 is 1.50 bits per heavy atom. The van der Waals surface area contributed by atoms with Gasteiger partial charge in [-0.2, -0.15) is 0 Å². The molecule has 0 fully saturated rings. The van der Waals surface area contributed by atoms with Crippen molar-refractivity contribution >= 4 is 5.91 Å². The average Bonchev–Trinajstić information content (AvgIpc) is 3.05. The van der Waals surface area contributed by atoms with E-state index in [2.05, 4.69) is 30.5 Å². The van der Waals surface area contributed by atoms with E-state index >= 15 is 0 Å². The van der Waals surface area contributed by atoms with E-state index < -0.39 is 0 Å². The van der Waals surface area contributed by atoms with Crippen molar-refractivity contribution in [1.82, 2.24) is 30.4 Å². The van der Waals surface area contributed by atoms with Crippen LogP contribution in [-0.2, 0) is 17.7 Å². The summed E-state index contributed by atoms with van der Waals surface area (Å²) in [5, 5.41) is 17.7. The molecule has 9 nitrogen and oxygen atoms in total. The van der Waals surface area contributed by atoms with E-state index in [1.54, 1.807) is 20.4 Å². The quantitative estimate of drug-likeness (QED) is 0.734. The predicted octanol–water partition coefficient (Wildman–Crippen LogP) is -0.412. The van der Waals surface area contributed by atoms with Crippen LogP contribution in [-0.4, -0.2) is 51.2 Å². The second-order valence-electron chi connectivity index (χ2n) is 4.14. The van der Waals surface area contributed by atoms with Crippen molar-refractivity contribution in [1.29, 1.82) is 0 Å². The molecule has 2 rings (SSSR count). The standard InChI is InChI=1S/C11H16N6O3/c1-8-10(16-20-15-8)11(18)12-4-3-9-14-13-7-17(9)5-6-19-2/h7H,3-6H2,1-2H3,(H,12,18). The van der Waals surface area contributed by atoms with Crippen LogP contribution >= 0.6 is 0 Å². The topological polar surface area (TPSA) is 108 Å². The van der Waals surface area contributed by atoms with Gasteiger partial charge >= 0.3 is 0 Å². The number of nitrogens with zero attached hydrogens (tertiary/aromatic N) is 5. The van der Waals surface area contributed by atoms with Crippen LogP contribution in [0.4, 0.5) is 0 Å². The lowest BCUT2D eigenvalue weighted by molar-refractivity contribution is 0.0943. The van der Waals surface area contributed by atoms with E-state index in [1.807, 2.05) is 4.57 Å². The Labute approximate surface area is 115 Å². The normalized spacial score (nSPS) is 10.7. The average molecular weight is 280 g/mol. The summed E-state index contributed by atoms with van der Waals surface area (Å²) in [6, 6.07) is 0. The Morgan fingerprint density at radius 3 is 3.05 bits per heavy atom. The smallest absolute Gasteiger partial charge is 0.275 e. The molecule has 0 unspecified atom stereocenters. The highest BCUT2D eigenvalue weighted by molar-refractivity contribution is 5.92. The third-order valence-electron chi connectivity index (χ3n) is 2.73. The number of carbonyl (C=O) groups is 1. The van der Waals surface area contributed by atoms with E-state index in [9.17, 15) is 4.79 Å². The molecule has 0 bridgehead atoms. The van der Waals surface area contributed by atoms with Crippen molar-refractivity contribution in [2.45, 2.75) is 19.9 Å². The predicted molar refractivity (Wildman–Crippen MR) is 67.0 cm³/mol. The van der Waals surface area contributed by atoms with Crippen LogP contribution in [0, 0.1) is 6.92 Å². The van der Waals surface area contributed by atoms with Crippen LogP contribution in [0.3, 0.4) is 0 Å². The number of hydrogen-bond donors (Lipinski definition) is 1. The number of aromatic nitrogens is 5. The molecule has 0 aliphatic heterocycles. The summed E-state index contributed by atoms with van der Waals surface area (Å²) >= 11 is 0. The lowest BCUT2D eigenvalue weighted by Gasteiger charge is -2.06.